The van der Waals surface area contributed by atoms with Crippen molar-refractivity contribution in [2.75, 3.05) is 30.8 Å². The number of piperidine rings is 1. The number of para-hydroxylation sites is 2. The molecule has 2 aromatic heterocycles. The van der Waals surface area contributed by atoms with Gasteiger partial charge < -0.3 is 24.8 Å². The van der Waals surface area contributed by atoms with Gasteiger partial charge in [-0.1, -0.05) is 12.1 Å². The predicted molar refractivity (Wildman–Crippen MR) is 125 cm³/mol. The van der Waals surface area contributed by atoms with Crippen LogP contribution in [-0.4, -0.2) is 51.6 Å². The van der Waals surface area contributed by atoms with Crippen LogP contribution in [0.15, 0.2) is 59.8 Å². The predicted octanol–water partition coefficient (Wildman–Crippen LogP) is 2.55. The Labute approximate surface area is 195 Å². The summed E-state index contributed by atoms with van der Waals surface area (Å²) in [5.41, 5.74) is 1.64. The van der Waals surface area contributed by atoms with Crippen LogP contribution >= 0.6 is 0 Å². The summed E-state index contributed by atoms with van der Waals surface area (Å²) in [4.78, 5) is 48.5. The maximum atomic E-state index is 13.2. The van der Waals surface area contributed by atoms with E-state index in [1.807, 2.05) is 6.07 Å². The number of nitrogens with zero attached hydrogens (tertiary/aromatic N) is 4. The molecule has 0 aliphatic carbocycles. The van der Waals surface area contributed by atoms with Crippen molar-refractivity contribution in [3.63, 3.8) is 0 Å². The van der Waals surface area contributed by atoms with Crippen LogP contribution in [0.2, 0.25) is 0 Å². The third-order valence-electron chi connectivity index (χ3n) is 6.28. The number of methoxy groups -OCH3 is 1. The largest absolute Gasteiger partial charge is 0.495 e. The van der Waals surface area contributed by atoms with Crippen molar-refractivity contribution in [2.45, 2.75) is 18.9 Å². The Hall–Kier alpha value is -4.21. The highest BCUT2D eigenvalue weighted by molar-refractivity contribution is 6.00. The van der Waals surface area contributed by atoms with Gasteiger partial charge >= 0.3 is 6.03 Å². The summed E-state index contributed by atoms with van der Waals surface area (Å²) in [6.07, 6.45) is 5.42. The number of carbonyl (C=O) groups is 2. The van der Waals surface area contributed by atoms with Crippen molar-refractivity contribution in [3.05, 3.63) is 76.7 Å². The molecule has 5 rings (SSSR count). The minimum absolute atomic E-state index is 0.0391. The van der Waals surface area contributed by atoms with Gasteiger partial charge in [-0.3, -0.25) is 14.6 Å². The average molecular weight is 460 g/mol. The molecule has 2 aliphatic rings. The summed E-state index contributed by atoms with van der Waals surface area (Å²) in [6, 6.07) is 9.99. The zero-order valence-corrected chi connectivity index (χ0v) is 18.6. The lowest BCUT2D eigenvalue weighted by Gasteiger charge is -2.42. The minimum atomic E-state index is -0.529. The number of benzene rings is 1. The number of aromatic nitrogens is 3. The molecule has 0 saturated carbocycles. The van der Waals surface area contributed by atoms with Gasteiger partial charge in [0.15, 0.2) is 0 Å². The van der Waals surface area contributed by atoms with E-state index in [0.717, 1.165) is 12.1 Å². The molecule has 0 unspecified atom stereocenters. The maximum Gasteiger partial charge on any atom is 0.323 e. The van der Waals surface area contributed by atoms with Crippen LogP contribution in [-0.2, 0) is 6.54 Å². The highest BCUT2D eigenvalue weighted by atomic mass is 16.5. The molecule has 2 bridgehead atoms. The summed E-state index contributed by atoms with van der Waals surface area (Å²) in [5, 5.41) is 5.37. The molecule has 3 amide bonds. The lowest BCUT2D eigenvalue weighted by atomic mass is 9.83. The van der Waals surface area contributed by atoms with E-state index in [-0.39, 0.29) is 29.0 Å². The lowest BCUT2D eigenvalue weighted by Crippen LogP contribution is -2.49. The third-order valence-corrected chi connectivity index (χ3v) is 6.28. The second-order valence-electron chi connectivity index (χ2n) is 8.47. The summed E-state index contributed by atoms with van der Waals surface area (Å²) >= 11 is 0. The van der Waals surface area contributed by atoms with Gasteiger partial charge in [0.25, 0.3) is 11.5 Å². The first kappa shape index (κ1) is 21.6. The molecule has 1 saturated heterocycles. The Balaban J connectivity index is 1.33. The van der Waals surface area contributed by atoms with Crippen LogP contribution in [0, 0.1) is 5.92 Å². The number of nitrogens with one attached hydrogen (secondary N) is 2. The number of pyridine rings is 1. The Morgan fingerprint density at radius 2 is 1.85 bits per heavy atom. The van der Waals surface area contributed by atoms with Gasteiger partial charge in [-0.15, -0.1) is 0 Å². The van der Waals surface area contributed by atoms with E-state index in [4.69, 9.17) is 4.74 Å². The Morgan fingerprint density at radius 3 is 2.65 bits per heavy atom. The monoisotopic (exact) mass is 460 g/mol. The van der Waals surface area contributed by atoms with Gasteiger partial charge in [0, 0.05) is 43.6 Å². The molecule has 1 fully saturated rings. The molecule has 4 heterocycles. The fourth-order valence-electron chi connectivity index (χ4n) is 4.80. The molecule has 2 aliphatic heterocycles. The smallest absolute Gasteiger partial charge is 0.323 e. The molecule has 2 atom stereocenters. The fraction of sp³-hybridized carbons (Fsp3) is 0.292. The van der Waals surface area contributed by atoms with E-state index in [9.17, 15) is 14.4 Å². The highest BCUT2D eigenvalue weighted by Crippen LogP contribution is 2.36. The van der Waals surface area contributed by atoms with E-state index in [1.54, 1.807) is 39.8 Å². The zero-order valence-electron chi connectivity index (χ0n) is 18.6. The van der Waals surface area contributed by atoms with E-state index >= 15 is 0 Å². The second-order valence-corrected chi connectivity index (χ2v) is 8.47. The van der Waals surface area contributed by atoms with Crippen LogP contribution in [0.3, 0.4) is 0 Å². The molecule has 174 valence electrons. The standard InChI is InChI=1S/C24H24N6O4/c1-34-21-5-3-2-4-17(21)27-24(33)28-18-6-7-20-16-10-15(13-30(20)23(18)32)12-29(14-16)22(31)19-11-25-8-9-26-19/h2-9,11,15-16H,10,12-14H2,1H3,(H2,27,28,33)/t15-,16-/m1/s1. The number of hydrogen-bond donors (Lipinski definition) is 2. The molecule has 10 nitrogen and oxygen atoms in total. The number of hydrogen-bond acceptors (Lipinski definition) is 6. The van der Waals surface area contributed by atoms with Crippen LogP contribution in [0.25, 0.3) is 0 Å². The number of rotatable bonds is 4. The average Bonchev–Trinajstić information content (AvgIpc) is 2.86. The van der Waals surface area contributed by atoms with Crippen LogP contribution < -0.4 is 20.9 Å². The summed E-state index contributed by atoms with van der Waals surface area (Å²) in [6.45, 7) is 1.54. The summed E-state index contributed by atoms with van der Waals surface area (Å²) < 4.78 is 6.97. The first-order chi connectivity index (χ1) is 16.5. The fourth-order valence-corrected chi connectivity index (χ4v) is 4.80. The summed E-state index contributed by atoms with van der Waals surface area (Å²) in [5.74, 6) is 0.553. The van der Waals surface area contributed by atoms with Gasteiger partial charge in [-0.2, -0.15) is 0 Å². The Kier molecular flexibility index (Phi) is 5.70. The SMILES string of the molecule is COc1ccccc1NC(=O)Nc1ccc2n(c1=O)C[C@@H]1C[C@@H]2CN(C(=O)c2cnccn2)C1. The molecular weight excluding hydrogens is 436 g/mol. The van der Waals surface area contributed by atoms with Crippen LogP contribution in [0.4, 0.5) is 16.2 Å². The Bertz CT molecular complexity index is 1290. The number of likely N-dealkylation sites (tertiary alicyclic amines) is 1. The summed E-state index contributed by atoms with van der Waals surface area (Å²) in [7, 11) is 1.52. The number of fused-ring (bicyclic) bond motifs is 4. The first-order valence-corrected chi connectivity index (χ1v) is 11.0. The van der Waals surface area contributed by atoms with Gasteiger partial charge in [-0.05, 0) is 36.6 Å². The van der Waals surface area contributed by atoms with Gasteiger partial charge in [-0.25, -0.2) is 9.78 Å². The number of anilines is 2. The van der Waals surface area contributed by atoms with Crippen molar-refractivity contribution in [3.8, 4) is 5.75 Å². The number of carbonyl (C=O) groups excluding carboxylic acids is 2. The quantitative estimate of drug-likeness (QED) is 0.618. The van der Waals surface area contributed by atoms with E-state index < -0.39 is 6.03 Å². The maximum absolute atomic E-state index is 13.2. The van der Waals surface area contributed by atoms with Gasteiger partial charge in [0.05, 0.1) is 19.0 Å². The second kappa shape index (κ2) is 8.97. The number of amides is 3. The van der Waals surface area contributed by atoms with Gasteiger partial charge in [0.2, 0.25) is 0 Å². The van der Waals surface area contributed by atoms with Crippen LogP contribution in [0.5, 0.6) is 5.75 Å². The van der Waals surface area contributed by atoms with Gasteiger partial charge in [0.1, 0.15) is 17.1 Å². The molecule has 34 heavy (non-hydrogen) atoms. The molecule has 10 heteroatoms. The normalized spacial score (nSPS) is 18.6. The van der Waals surface area contributed by atoms with E-state index in [0.29, 0.717) is 36.8 Å². The molecule has 3 aromatic rings. The van der Waals surface area contributed by atoms with Crippen molar-refractivity contribution < 1.29 is 14.3 Å². The Morgan fingerprint density at radius 1 is 1.03 bits per heavy atom. The van der Waals surface area contributed by atoms with E-state index in [1.165, 1.54) is 25.7 Å². The molecular formula is C24H24N6O4. The topological polar surface area (TPSA) is 118 Å². The highest BCUT2D eigenvalue weighted by Gasteiger charge is 2.37. The number of urea groups is 1. The van der Waals surface area contributed by atoms with Crippen molar-refractivity contribution in [2.24, 2.45) is 5.92 Å². The van der Waals surface area contributed by atoms with Crippen molar-refractivity contribution in [1.29, 1.82) is 0 Å². The molecule has 1 aromatic carbocycles. The third kappa shape index (κ3) is 4.09. The first-order valence-electron chi connectivity index (χ1n) is 11.0. The molecule has 0 spiro atoms. The molecule has 2 N–H and O–H groups in total. The molecule has 0 radical (unpaired) electrons. The number of ether oxygens (including phenoxy) is 1. The van der Waals surface area contributed by atoms with Crippen LogP contribution in [0.1, 0.15) is 28.5 Å². The van der Waals surface area contributed by atoms with Crippen molar-refractivity contribution >= 4 is 23.3 Å². The van der Waals surface area contributed by atoms with Crippen molar-refractivity contribution in [1.82, 2.24) is 19.4 Å². The zero-order chi connectivity index (χ0) is 23.7. The lowest BCUT2D eigenvalue weighted by molar-refractivity contribution is 0.0588. The minimum Gasteiger partial charge on any atom is -0.495 e. The van der Waals surface area contributed by atoms with E-state index in [2.05, 4.69) is 20.6 Å².